The highest BCUT2D eigenvalue weighted by Crippen LogP contribution is 1.99. The zero-order valence-electron chi connectivity index (χ0n) is 13.7. The van der Waals surface area contributed by atoms with Gasteiger partial charge in [0.1, 0.15) is 0 Å². The Morgan fingerprint density at radius 3 is 0.941 bits per heavy atom. The van der Waals surface area contributed by atoms with Crippen molar-refractivity contribution in [3.8, 4) is 0 Å². The standard InChI is InChI=1S/C4H12O2Si.C3H9N.C2H7N.C2H6O/c1-5-7(3,4)6-2;1-4(2)3;2*1-3-2/h1-4H3;1-3H3;3H,1-2H3;1-2H3. The van der Waals surface area contributed by atoms with Gasteiger partial charge in [-0.05, 0) is 48.3 Å². The quantitative estimate of drug-likeness (QED) is 0.765. The molecule has 0 aromatic rings. The fraction of sp³-hybridized carbons (Fsp3) is 1.00. The molecule has 0 radical (unpaired) electrons. The number of hydrogen-bond acceptors (Lipinski definition) is 5. The molecular weight excluding hydrogens is 236 g/mol. The predicted molar refractivity (Wildman–Crippen MR) is 79.0 cm³/mol. The third-order valence-corrected chi connectivity index (χ3v) is 2.95. The fourth-order valence-corrected chi connectivity index (χ4v) is 0.250. The summed E-state index contributed by atoms with van der Waals surface area (Å²) in [6, 6.07) is 0. The highest BCUT2D eigenvalue weighted by molar-refractivity contribution is 6.64. The van der Waals surface area contributed by atoms with E-state index in [1.54, 1.807) is 28.4 Å². The molecule has 0 atom stereocenters. The molecule has 0 saturated carbocycles. The molecule has 0 aliphatic carbocycles. The molecule has 0 heterocycles. The van der Waals surface area contributed by atoms with E-state index in [4.69, 9.17) is 8.85 Å². The Morgan fingerprint density at radius 1 is 0.824 bits per heavy atom. The summed E-state index contributed by atoms with van der Waals surface area (Å²) in [6.45, 7) is 3.99. The van der Waals surface area contributed by atoms with Crippen molar-refractivity contribution in [2.24, 2.45) is 0 Å². The van der Waals surface area contributed by atoms with Crippen LogP contribution >= 0.6 is 0 Å². The Morgan fingerprint density at radius 2 is 0.941 bits per heavy atom. The first-order valence-corrected chi connectivity index (χ1v) is 8.20. The number of nitrogens with zero attached hydrogens (tertiary/aromatic N) is 1. The first kappa shape index (κ1) is 25.8. The van der Waals surface area contributed by atoms with Crippen molar-refractivity contribution in [3.63, 3.8) is 0 Å². The molecule has 110 valence electrons. The second kappa shape index (κ2) is 21.3. The Bertz CT molecular complexity index is 104. The minimum absolute atomic E-state index is 1.62. The van der Waals surface area contributed by atoms with Gasteiger partial charge in [0.2, 0.25) is 0 Å². The summed E-state index contributed by atoms with van der Waals surface area (Å²) >= 11 is 0. The smallest absolute Gasteiger partial charge is 0.331 e. The van der Waals surface area contributed by atoms with Crippen LogP contribution in [0.3, 0.4) is 0 Å². The molecule has 5 nitrogen and oxygen atoms in total. The minimum Gasteiger partial charge on any atom is -0.398 e. The largest absolute Gasteiger partial charge is 0.398 e. The summed E-state index contributed by atoms with van der Waals surface area (Å²) in [4.78, 5) is 2.00. The highest BCUT2D eigenvalue weighted by atomic mass is 28.4. The maximum absolute atomic E-state index is 5.00. The lowest BCUT2D eigenvalue weighted by Gasteiger charge is -2.15. The van der Waals surface area contributed by atoms with Crippen LogP contribution in [0.25, 0.3) is 0 Å². The van der Waals surface area contributed by atoms with Crippen molar-refractivity contribution in [1.29, 1.82) is 0 Å². The van der Waals surface area contributed by atoms with E-state index in [0.29, 0.717) is 0 Å². The Kier molecular flexibility index (Phi) is 32.3. The van der Waals surface area contributed by atoms with Gasteiger partial charge in [-0.1, -0.05) is 0 Å². The maximum Gasteiger partial charge on any atom is 0.331 e. The topological polar surface area (TPSA) is 43.0 Å². The summed E-state index contributed by atoms with van der Waals surface area (Å²) in [5, 5.41) is 2.75. The lowest BCUT2D eigenvalue weighted by atomic mass is 11.0. The molecular formula is C11H34N2O3Si. The van der Waals surface area contributed by atoms with Crippen LogP contribution in [-0.4, -0.2) is 77.1 Å². The van der Waals surface area contributed by atoms with E-state index in [-0.39, 0.29) is 0 Å². The monoisotopic (exact) mass is 270 g/mol. The molecule has 0 amide bonds. The van der Waals surface area contributed by atoms with E-state index in [9.17, 15) is 0 Å². The summed E-state index contributed by atoms with van der Waals surface area (Å²) < 4.78 is 14.3. The van der Waals surface area contributed by atoms with Gasteiger partial charge >= 0.3 is 8.56 Å². The minimum atomic E-state index is -1.65. The van der Waals surface area contributed by atoms with Gasteiger partial charge in [-0.2, -0.15) is 0 Å². The van der Waals surface area contributed by atoms with Crippen LogP contribution < -0.4 is 5.32 Å². The van der Waals surface area contributed by atoms with Gasteiger partial charge in [0.05, 0.1) is 0 Å². The number of hydrogen-bond donors (Lipinski definition) is 1. The predicted octanol–water partition coefficient (Wildman–Crippen LogP) is 1.26. The van der Waals surface area contributed by atoms with Crippen LogP contribution in [0.5, 0.6) is 0 Å². The van der Waals surface area contributed by atoms with Crippen LogP contribution in [0, 0.1) is 0 Å². The lowest BCUT2D eigenvalue weighted by Crippen LogP contribution is -2.31. The molecule has 0 spiro atoms. The average molecular weight is 270 g/mol. The van der Waals surface area contributed by atoms with Crippen LogP contribution in [0.4, 0.5) is 0 Å². The third kappa shape index (κ3) is 86.9. The van der Waals surface area contributed by atoms with E-state index in [2.05, 4.69) is 10.1 Å². The fourth-order valence-electron chi connectivity index (χ4n) is 0.0833. The second-order valence-corrected chi connectivity index (χ2v) is 7.67. The Balaban J connectivity index is -0.0000000726. The van der Waals surface area contributed by atoms with Gasteiger partial charge in [0.25, 0.3) is 0 Å². The molecule has 6 heteroatoms. The maximum atomic E-state index is 5.00. The van der Waals surface area contributed by atoms with E-state index in [1.165, 1.54) is 0 Å². The van der Waals surface area contributed by atoms with Crippen molar-refractivity contribution in [2.75, 3.05) is 63.7 Å². The summed E-state index contributed by atoms with van der Waals surface area (Å²) in [6.07, 6.45) is 0. The normalized spacial score (nSPS) is 9.18. The van der Waals surface area contributed by atoms with Gasteiger partial charge in [0.15, 0.2) is 0 Å². The molecule has 17 heavy (non-hydrogen) atoms. The molecule has 0 bridgehead atoms. The van der Waals surface area contributed by atoms with Crippen molar-refractivity contribution in [1.82, 2.24) is 10.2 Å². The van der Waals surface area contributed by atoms with E-state index in [0.717, 1.165) is 0 Å². The molecule has 0 aliphatic heterocycles. The van der Waals surface area contributed by atoms with Crippen LogP contribution in [0.1, 0.15) is 0 Å². The van der Waals surface area contributed by atoms with Crippen LogP contribution in [0.15, 0.2) is 0 Å². The molecule has 0 unspecified atom stereocenters. The summed E-state index contributed by atoms with van der Waals surface area (Å²) in [5.74, 6) is 0. The van der Waals surface area contributed by atoms with Gasteiger partial charge < -0.3 is 23.8 Å². The molecule has 0 saturated heterocycles. The number of ether oxygens (including phenoxy) is 1. The third-order valence-electron chi connectivity index (χ3n) is 0.983. The van der Waals surface area contributed by atoms with E-state index < -0.39 is 8.56 Å². The van der Waals surface area contributed by atoms with E-state index in [1.807, 2.05) is 53.2 Å². The lowest BCUT2D eigenvalue weighted by molar-refractivity contribution is 0.258. The van der Waals surface area contributed by atoms with Crippen molar-refractivity contribution in [3.05, 3.63) is 0 Å². The molecule has 0 fully saturated rings. The molecule has 0 aromatic heterocycles. The van der Waals surface area contributed by atoms with Gasteiger partial charge in [-0.15, -0.1) is 0 Å². The summed E-state index contributed by atoms with van der Waals surface area (Å²) in [5.41, 5.74) is 0. The molecule has 0 aliphatic rings. The van der Waals surface area contributed by atoms with Gasteiger partial charge in [0, 0.05) is 28.4 Å². The zero-order valence-corrected chi connectivity index (χ0v) is 14.7. The molecule has 0 aromatic carbocycles. The Hall–Kier alpha value is 0.0169. The average Bonchev–Trinajstić information content (AvgIpc) is 2.19. The van der Waals surface area contributed by atoms with E-state index >= 15 is 0 Å². The molecule has 0 rings (SSSR count). The Labute approximate surface area is 110 Å². The van der Waals surface area contributed by atoms with Crippen molar-refractivity contribution in [2.45, 2.75) is 13.1 Å². The van der Waals surface area contributed by atoms with Gasteiger partial charge in [-0.3, -0.25) is 0 Å². The number of nitrogens with one attached hydrogen (secondary N) is 1. The zero-order chi connectivity index (χ0) is 14.9. The van der Waals surface area contributed by atoms with Crippen molar-refractivity contribution < 1.29 is 13.6 Å². The second-order valence-electron chi connectivity index (χ2n) is 4.06. The number of methoxy groups -OCH3 is 1. The first-order chi connectivity index (χ1) is 7.68. The SMILES string of the molecule is CN(C)C.CNC.COC.CO[Si](C)(C)OC. The van der Waals surface area contributed by atoms with Crippen LogP contribution in [-0.2, 0) is 13.6 Å². The highest BCUT2D eigenvalue weighted by Gasteiger charge is 2.19. The van der Waals surface area contributed by atoms with Gasteiger partial charge in [-0.25, -0.2) is 0 Å². The van der Waals surface area contributed by atoms with Crippen LogP contribution in [0.2, 0.25) is 13.1 Å². The number of rotatable bonds is 2. The van der Waals surface area contributed by atoms with Crippen molar-refractivity contribution >= 4 is 8.56 Å². The molecule has 1 N–H and O–H groups in total. The summed E-state index contributed by atoms with van der Waals surface area (Å²) in [7, 11) is 14.7. The first-order valence-electron chi connectivity index (χ1n) is 5.38.